The molecule has 0 aliphatic carbocycles. The first-order valence-electron chi connectivity index (χ1n) is 11.3. The number of nitrogens with zero attached hydrogens (tertiary/aromatic N) is 2. The fourth-order valence-corrected chi connectivity index (χ4v) is 3.99. The second kappa shape index (κ2) is 9.79. The van der Waals surface area contributed by atoms with Crippen LogP contribution in [-0.2, 0) is 15.0 Å². The second-order valence-corrected chi connectivity index (χ2v) is 9.63. The summed E-state index contributed by atoms with van der Waals surface area (Å²) < 4.78 is 5.55. The number of carbonyl (C=O) groups excluding carboxylic acids is 2. The van der Waals surface area contributed by atoms with E-state index in [4.69, 9.17) is 4.74 Å². The van der Waals surface area contributed by atoms with Crippen molar-refractivity contribution < 1.29 is 19.4 Å². The highest BCUT2D eigenvalue weighted by atomic mass is 16.5. The van der Waals surface area contributed by atoms with Gasteiger partial charge in [-0.25, -0.2) is 0 Å². The third kappa shape index (κ3) is 5.28. The molecule has 176 valence electrons. The minimum Gasteiger partial charge on any atom is -0.507 e. The normalized spacial score (nSPS) is 18.3. The molecule has 1 amide bonds. The van der Waals surface area contributed by atoms with Crippen molar-refractivity contribution in [1.82, 2.24) is 9.80 Å². The van der Waals surface area contributed by atoms with Crippen molar-refractivity contribution >= 4 is 17.4 Å². The van der Waals surface area contributed by atoms with Crippen LogP contribution < -0.4 is 4.74 Å². The Morgan fingerprint density at radius 1 is 1.09 bits per heavy atom. The number of benzene rings is 2. The third-order valence-electron chi connectivity index (χ3n) is 5.84. The summed E-state index contributed by atoms with van der Waals surface area (Å²) in [6, 6.07) is 14.2. The van der Waals surface area contributed by atoms with Crippen LogP contribution in [0.15, 0.2) is 54.1 Å². The van der Waals surface area contributed by atoms with Gasteiger partial charge in [-0.05, 0) is 49.7 Å². The lowest BCUT2D eigenvalue weighted by Crippen LogP contribution is -2.35. The Labute approximate surface area is 196 Å². The van der Waals surface area contributed by atoms with Crippen LogP contribution in [0.4, 0.5) is 0 Å². The first kappa shape index (κ1) is 24.5. The summed E-state index contributed by atoms with van der Waals surface area (Å²) in [7, 11) is 3.84. The minimum absolute atomic E-state index is 0.0228. The lowest BCUT2D eigenvalue weighted by atomic mass is 9.85. The van der Waals surface area contributed by atoms with E-state index in [0.29, 0.717) is 31.0 Å². The highest BCUT2D eigenvalue weighted by molar-refractivity contribution is 6.46. The van der Waals surface area contributed by atoms with Gasteiger partial charge in [0.1, 0.15) is 11.5 Å². The van der Waals surface area contributed by atoms with E-state index in [1.807, 2.05) is 50.2 Å². The number of ketones is 1. The fraction of sp³-hybridized carbons (Fsp3) is 0.407. The van der Waals surface area contributed by atoms with Gasteiger partial charge in [-0.2, -0.15) is 0 Å². The van der Waals surface area contributed by atoms with Gasteiger partial charge in [-0.15, -0.1) is 0 Å². The largest absolute Gasteiger partial charge is 0.507 e. The van der Waals surface area contributed by atoms with Gasteiger partial charge in [0.2, 0.25) is 0 Å². The predicted octanol–water partition coefficient (Wildman–Crippen LogP) is 4.37. The Morgan fingerprint density at radius 3 is 2.33 bits per heavy atom. The molecular formula is C27H34N2O4. The maximum absolute atomic E-state index is 13.1. The standard InChI is InChI=1S/C27H34N2O4/c1-7-33-21-10-8-9-19(17-21)24(30)22-23(18-11-13-20(14-12-18)27(2,3)4)29(16-15-28(5)6)26(32)25(22)31/h8-14,17,23,30H,7,15-16H2,1-6H3. The molecular weight excluding hydrogens is 416 g/mol. The molecule has 1 aliphatic rings. The maximum Gasteiger partial charge on any atom is 0.295 e. The molecule has 0 saturated carbocycles. The molecule has 1 heterocycles. The number of Topliss-reactive ketones (excluding diaryl/α,β-unsaturated/α-hetero) is 1. The van der Waals surface area contributed by atoms with Crippen LogP contribution in [0.1, 0.15) is 50.4 Å². The molecule has 6 heteroatoms. The van der Waals surface area contributed by atoms with E-state index in [9.17, 15) is 14.7 Å². The van der Waals surface area contributed by atoms with E-state index in [1.165, 1.54) is 0 Å². The molecule has 1 unspecified atom stereocenters. The number of hydrogen-bond donors (Lipinski definition) is 1. The summed E-state index contributed by atoms with van der Waals surface area (Å²) in [4.78, 5) is 29.7. The molecule has 1 atom stereocenters. The zero-order chi connectivity index (χ0) is 24.3. The average Bonchev–Trinajstić information content (AvgIpc) is 3.02. The number of ether oxygens (including phenoxy) is 1. The zero-order valence-corrected chi connectivity index (χ0v) is 20.4. The topological polar surface area (TPSA) is 70.1 Å². The Morgan fingerprint density at radius 2 is 1.76 bits per heavy atom. The van der Waals surface area contributed by atoms with Gasteiger partial charge in [0.05, 0.1) is 18.2 Å². The minimum atomic E-state index is -0.669. The van der Waals surface area contributed by atoms with Crippen molar-refractivity contribution in [2.24, 2.45) is 0 Å². The molecule has 33 heavy (non-hydrogen) atoms. The second-order valence-electron chi connectivity index (χ2n) is 9.63. The molecule has 0 bridgehead atoms. The van der Waals surface area contributed by atoms with Crippen molar-refractivity contribution in [2.75, 3.05) is 33.8 Å². The Balaban J connectivity index is 2.13. The summed E-state index contributed by atoms with van der Waals surface area (Å²) in [5, 5.41) is 11.2. The highest BCUT2D eigenvalue weighted by Gasteiger charge is 2.46. The molecule has 0 radical (unpaired) electrons. The number of aliphatic hydroxyl groups excluding tert-OH is 1. The summed E-state index contributed by atoms with van der Waals surface area (Å²) in [5.74, 6) is -0.858. The van der Waals surface area contributed by atoms with Crippen molar-refractivity contribution in [3.63, 3.8) is 0 Å². The van der Waals surface area contributed by atoms with E-state index in [0.717, 1.165) is 11.1 Å². The van der Waals surface area contributed by atoms with Gasteiger partial charge in [0.25, 0.3) is 11.7 Å². The van der Waals surface area contributed by atoms with Crippen LogP contribution in [0, 0.1) is 0 Å². The predicted molar refractivity (Wildman–Crippen MR) is 130 cm³/mol. The number of aliphatic hydroxyl groups is 1. The van der Waals surface area contributed by atoms with Crippen LogP contribution in [0.2, 0.25) is 0 Å². The van der Waals surface area contributed by atoms with Crippen LogP contribution in [0.5, 0.6) is 5.75 Å². The molecule has 3 rings (SSSR count). The average molecular weight is 451 g/mol. The van der Waals surface area contributed by atoms with Gasteiger partial charge < -0.3 is 19.6 Å². The summed E-state index contributed by atoms with van der Waals surface area (Å²) in [5.41, 5.74) is 2.48. The molecule has 2 aromatic rings. The smallest absolute Gasteiger partial charge is 0.295 e. The quantitative estimate of drug-likeness (QED) is 0.385. The molecule has 1 N–H and O–H groups in total. The van der Waals surface area contributed by atoms with Gasteiger partial charge in [-0.1, -0.05) is 57.2 Å². The SMILES string of the molecule is CCOc1cccc(C(O)=C2C(=O)C(=O)N(CCN(C)C)C2c2ccc(C(C)(C)C)cc2)c1. The maximum atomic E-state index is 13.1. The van der Waals surface area contributed by atoms with Gasteiger partial charge >= 0.3 is 0 Å². The Hall–Kier alpha value is -3.12. The number of rotatable bonds is 7. The number of hydrogen-bond acceptors (Lipinski definition) is 5. The number of likely N-dealkylation sites (tertiary alicyclic amines) is 1. The molecule has 1 saturated heterocycles. The van der Waals surface area contributed by atoms with Crippen LogP contribution in [-0.4, -0.2) is 60.4 Å². The van der Waals surface area contributed by atoms with E-state index in [-0.39, 0.29) is 16.7 Å². The summed E-state index contributed by atoms with van der Waals surface area (Å²) >= 11 is 0. The fourth-order valence-electron chi connectivity index (χ4n) is 3.99. The lowest BCUT2D eigenvalue weighted by Gasteiger charge is -2.27. The Kier molecular flexibility index (Phi) is 7.28. The third-order valence-corrected chi connectivity index (χ3v) is 5.84. The summed E-state index contributed by atoms with van der Waals surface area (Å²) in [6.45, 7) is 9.75. The Bertz CT molecular complexity index is 1050. The van der Waals surface area contributed by atoms with Crippen LogP contribution in [0.3, 0.4) is 0 Å². The monoisotopic (exact) mass is 450 g/mol. The lowest BCUT2D eigenvalue weighted by molar-refractivity contribution is -0.140. The molecule has 2 aromatic carbocycles. The van der Waals surface area contributed by atoms with Gasteiger partial charge in [0.15, 0.2) is 0 Å². The van der Waals surface area contributed by atoms with Crippen molar-refractivity contribution in [3.05, 3.63) is 70.8 Å². The number of amides is 1. The van der Waals surface area contributed by atoms with E-state index >= 15 is 0 Å². The first-order chi connectivity index (χ1) is 15.5. The summed E-state index contributed by atoms with van der Waals surface area (Å²) in [6.07, 6.45) is 0. The molecule has 0 spiro atoms. The zero-order valence-electron chi connectivity index (χ0n) is 20.4. The van der Waals surface area contributed by atoms with Crippen molar-refractivity contribution in [3.8, 4) is 5.75 Å². The molecule has 6 nitrogen and oxygen atoms in total. The van der Waals surface area contributed by atoms with E-state index in [1.54, 1.807) is 29.2 Å². The molecule has 1 aliphatic heterocycles. The number of carbonyl (C=O) groups is 2. The van der Waals surface area contributed by atoms with Crippen LogP contribution >= 0.6 is 0 Å². The van der Waals surface area contributed by atoms with Crippen molar-refractivity contribution in [1.29, 1.82) is 0 Å². The van der Waals surface area contributed by atoms with Gasteiger partial charge in [0, 0.05) is 18.7 Å². The van der Waals surface area contributed by atoms with Gasteiger partial charge in [-0.3, -0.25) is 9.59 Å². The van der Waals surface area contributed by atoms with E-state index < -0.39 is 17.7 Å². The van der Waals surface area contributed by atoms with Crippen LogP contribution in [0.25, 0.3) is 5.76 Å². The molecule has 1 fully saturated rings. The van der Waals surface area contributed by atoms with Crippen molar-refractivity contribution in [2.45, 2.75) is 39.2 Å². The first-order valence-corrected chi connectivity index (χ1v) is 11.3. The highest BCUT2D eigenvalue weighted by Crippen LogP contribution is 2.40. The van der Waals surface area contributed by atoms with E-state index in [2.05, 4.69) is 20.8 Å². The molecule has 0 aromatic heterocycles. The number of likely N-dealkylation sites (N-methyl/N-ethyl adjacent to an activating group) is 1.